The zero-order valence-electron chi connectivity index (χ0n) is 15.4. The highest BCUT2D eigenvalue weighted by Crippen LogP contribution is 2.30. The average Bonchev–Trinajstić information content (AvgIpc) is 3.07. The van der Waals surface area contributed by atoms with Crippen molar-refractivity contribution in [3.63, 3.8) is 0 Å². The van der Waals surface area contributed by atoms with E-state index in [4.69, 9.17) is 5.73 Å². The lowest BCUT2D eigenvalue weighted by molar-refractivity contribution is -0.199. The molecule has 0 unspecified atom stereocenters. The van der Waals surface area contributed by atoms with Gasteiger partial charge in [0.1, 0.15) is 0 Å². The summed E-state index contributed by atoms with van der Waals surface area (Å²) >= 11 is 0. The SMILES string of the molecule is Nc1cccc(-c2cc(-c3cc4c(n3OC(=O)C(F)(F)F)CCNC4=O)ccn2)c1. The molecule has 3 aromatic rings. The van der Waals surface area contributed by atoms with Crippen molar-refractivity contribution < 1.29 is 27.6 Å². The molecular weight excluding hydrogens is 401 g/mol. The molecule has 30 heavy (non-hydrogen) atoms. The third-order valence-corrected chi connectivity index (χ3v) is 4.59. The van der Waals surface area contributed by atoms with E-state index in [1.165, 1.54) is 12.3 Å². The number of hydrogen-bond acceptors (Lipinski definition) is 5. The van der Waals surface area contributed by atoms with Crippen LogP contribution < -0.4 is 15.9 Å². The summed E-state index contributed by atoms with van der Waals surface area (Å²) < 4.78 is 39.2. The lowest BCUT2D eigenvalue weighted by atomic mass is 10.1. The molecule has 0 bridgehead atoms. The number of amides is 1. The van der Waals surface area contributed by atoms with Crippen molar-refractivity contribution in [2.75, 3.05) is 12.3 Å². The van der Waals surface area contributed by atoms with E-state index >= 15 is 0 Å². The second-order valence-electron chi connectivity index (χ2n) is 6.62. The second kappa shape index (κ2) is 7.21. The molecule has 10 heteroatoms. The minimum absolute atomic E-state index is 0.127. The number of carbonyl (C=O) groups excluding carboxylic acids is 2. The van der Waals surface area contributed by atoms with Crippen LogP contribution in [0.25, 0.3) is 22.5 Å². The Morgan fingerprint density at radius 3 is 2.70 bits per heavy atom. The van der Waals surface area contributed by atoms with E-state index in [-0.39, 0.29) is 29.9 Å². The number of aromatic nitrogens is 2. The maximum Gasteiger partial charge on any atom is 0.493 e. The van der Waals surface area contributed by atoms with Gasteiger partial charge in [-0.25, -0.2) is 4.79 Å². The largest absolute Gasteiger partial charge is 0.493 e. The lowest BCUT2D eigenvalue weighted by Crippen LogP contribution is -2.37. The summed E-state index contributed by atoms with van der Waals surface area (Å²) in [6.45, 7) is 0.212. The van der Waals surface area contributed by atoms with Crippen LogP contribution in [0.3, 0.4) is 0 Å². The first kappa shape index (κ1) is 19.5. The molecule has 3 heterocycles. The number of nitrogens with two attached hydrogens (primary N) is 1. The molecule has 2 aromatic heterocycles. The number of nitrogen functional groups attached to an aromatic ring is 1. The molecule has 1 aliphatic rings. The van der Waals surface area contributed by atoms with Gasteiger partial charge in [0.25, 0.3) is 5.91 Å². The van der Waals surface area contributed by atoms with Crippen molar-refractivity contribution in [1.29, 1.82) is 0 Å². The summed E-state index contributed by atoms with van der Waals surface area (Å²) in [6.07, 6.45) is -3.51. The van der Waals surface area contributed by atoms with E-state index < -0.39 is 18.1 Å². The predicted octanol–water partition coefficient (Wildman–Crippen LogP) is 2.60. The molecule has 0 fully saturated rings. The Bertz CT molecular complexity index is 1150. The predicted molar refractivity (Wildman–Crippen MR) is 101 cm³/mol. The van der Waals surface area contributed by atoms with E-state index in [0.717, 1.165) is 4.73 Å². The smallest absolute Gasteiger partial charge is 0.399 e. The third kappa shape index (κ3) is 3.59. The van der Waals surface area contributed by atoms with Gasteiger partial charge in [-0.05, 0) is 30.3 Å². The van der Waals surface area contributed by atoms with E-state index in [2.05, 4.69) is 15.1 Å². The summed E-state index contributed by atoms with van der Waals surface area (Å²) in [5.74, 6) is -2.83. The van der Waals surface area contributed by atoms with Gasteiger partial charge in [-0.2, -0.15) is 17.9 Å². The van der Waals surface area contributed by atoms with Crippen molar-refractivity contribution in [2.45, 2.75) is 12.6 Å². The molecule has 3 N–H and O–H groups in total. The van der Waals surface area contributed by atoms with Crippen molar-refractivity contribution in [1.82, 2.24) is 15.0 Å². The van der Waals surface area contributed by atoms with Crippen LogP contribution in [-0.4, -0.2) is 34.3 Å². The minimum Gasteiger partial charge on any atom is -0.399 e. The number of rotatable bonds is 3. The summed E-state index contributed by atoms with van der Waals surface area (Å²) in [4.78, 5) is 32.6. The summed E-state index contributed by atoms with van der Waals surface area (Å²) in [6, 6.07) is 11.5. The average molecular weight is 416 g/mol. The molecule has 4 rings (SSSR count). The number of halogens is 3. The second-order valence-corrected chi connectivity index (χ2v) is 6.62. The van der Waals surface area contributed by atoms with Crippen molar-refractivity contribution in [3.05, 3.63) is 59.9 Å². The molecule has 0 saturated heterocycles. The molecule has 0 atom stereocenters. The van der Waals surface area contributed by atoms with Gasteiger partial charge in [0.15, 0.2) is 0 Å². The van der Waals surface area contributed by atoms with Gasteiger partial charge < -0.3 is 15.9 Å². The lowest BCUT2D eigenvalue weighted by Gasteiger charge is -2.17. The van der Waals surface area contributed by atoms with E-state index in [1.807, 2.05) is 0 Å². The summed E-state index contributed by atoms with van der Waals surface area (Å²) in [5.41, 5.74) is 8.42. The maximum absolute atomic E-state index is 12.8. The minimum atomic E-state index is -5.18. The van der Waals surface area contributed by atoms with E-state index in [0.29, 0.717) is 22.5 Å². The molecule has 1 amide bonds. The Morgan fingerprint density at radius 2 is 1.97 bits per heavy atom. The standard InChI is InChI=1S/C20H15F3N4O3/c21-20(22,23)19(29)30-27-16-5-7-26-18(28)14(16)10-17(27)12-4-6-25-15(9-12)11-2-1-3-13(24)8-11/h1-4,6,8-10H,5,7,24H2,(H,26,28). The fourth-order valence-corrected chi connectivity index (χ4v) is 3.24. The third-order valence-electron chi connectivity index (χ3n) is 4.59. The molecule has 0 radical (unpaired) electrons. The molecule has 1 aromatic carbocycles. The Balaban J connectivity index is 1.83. The van der Waals surface area contributed by atoms with Crippen LogP contribution in [0.4, 0.5) is 18.9 Å². The number of alkyl halides is 3. The number of nitrogens with one attached hydrogen (secondary N) is 1. The first-order chi connectivity index (χ1) is 14.2. The summed E-state index contributed by atoms with van der Waals surface area (Å²) in [5, 5.41) is 2.62. The fraction of sp³-hybridized carbons (Fsp3) is 0.150. The molecule has 0 spiro atoms. The monoisotopic (exact) mass is 416 g/mol. The number of pyridine rings is 1. The zero-order chi connectivity index (χ0) is 21.5. The van der Waals surface area contributed by atoms with Crippen molar-refractivity contribution >= 4 is 17.6 Å². The summed E-state index contributed by atoms with van der Waals surface area (Å²) in [7, 11) is 0. The van der Waals surface area contributed by atoms with Crippen LogP contribution in [0.15, 0.2) is 48.7 Å². The normalized spacial score (nSPS) is 13.5. The molecule has 7 nitrogen and oxygen atoms in total. The first-order valence-corrected chi connectivity index (χ1v) is 8.88. The Kier molecular flexibility index (Phi) is 4.69. The van der Waals surface area contributed by atoms with Gasteiger partial charge in [-0.15, -0.1) is 0 Å². The number of nitrogens with zero attached hydrogens (tertiary/aromatic N) is 2. The highest BCUT2D eigenvalue weighted by Gasteiger charge is 2.43. The highest BCUT2D eigenvalue weighted by molar-refractivity contribution is 5.98. The van der Waals surface area contributed by atoms with Gasteiger partial charge in [-0.3, -0.25) is 9.78 Å². The quantitative estimate of drug-likeness (QED) is 0.640. The molecule has 0 saturated carbocycles. The Labute approximate surface area is 168 Å². The van der Waals surface area contributed by atoms with Crippen LogP contribution in [0.2, 0.25) is 0 Å². The molecular formula is C20H15F3N4O3. The number of carbonyl (C=O) groups is 2. The zero-order valence-corrected chi connectivity index (χ0v) is 15.4. The Hall–Kier alpha value is -3.82. The maximum atomic E-state index is 12.8. The van der Waals surface area contributed by atoms with Gasteiger partial charge >= 0.3 is 12.1 Å². The van der Waals surface area contributed by atoms with Crippen LogP contribution in [-0.2, 0) is 11.2 Å². The topological polar surface area (TPSA) is 99.2 Å². The van der Waals surface area contributed by atoms with Crippen molar-refractivity contribution in [2.24, 2.45) is 0 Å². The van der Waals surface area contributed by atoms with Crippen molar-refractivity contribution in [3.8, 4) is 22.5 Å². The van der Waals surface area contributed by atoms with Gasteiger partial charge in [0.2, 0.25) is 0 Å². The Morgan fingerprint density at radius 1 is 1.17 bits per heavy atom. The number of benzene rings is 1. The van der Waals surface area contributed by atoms with E-state index in [1.54, 1.807) is 36.4 Å². The van der Waals surface area contributed by atoms with Crippen LogP contribution in [0.1, 0.15) is 16.1 Å². The number of hydrogen-bond donors (Lipinski definition) is 2. The van der Waals surface area contributed by atoms with Crippen LogP contribution >= 0.6 is 0 Å². The highest BCUT2D eigenvalue weighted by atomic mass is 19.4. The van der Waals surface area contributed by atoms with Gasteiger partial charge in [0, 0.05) is 36.0 Å². The number of anilines is 1. The van der Waals surface area contributed by atoms with Crippen LogP contribution in [0, 0.1) is 0 Å². The first-order valence-electron chi connectivity index (χ1n) is 8.88. The van der Waals surface area contributed by atoms with E-state index in [9.17, 15) is 22.8 Å². The fourth-order valence-electron chi connectivity index (χ4n) is 3.24. The number of fused-ring (bicyclic) bond motifs is 1. The molecule has 1 aliphatic heterocycles. The molecule has 0 aliphatic carbocycles. The van der Waals surface area contributed by atoms with Gasteiger partial charge in [0.05, 0.1) is 22.6 Å². The van der Waals surface area contributed by atoms with Gasteiger partial charge in [-0.1, -0.05) is 12.1 Å². The van der Waals surface area contributed by atoms with Crippen LogP contribution in [0.5, 0.6) is 0 Å². The molecule has 154 valence electrons.